The first kappa shape index (κ1) is 17.1. The number of aliphatic carboxylic acids is 1. The van der Waals surface area contributed by atoms with Gasteiger partial charge >= 0.3 is 5.97 Å². The predicted molar refractivity (Wildman–Crippen MR) is 93.3 cm³/mol. The summed E-state index contributed by atoms with van der Waals surface area (Å²) in [4.78, 5) is 27.9. The number of hydrogen-bond donors (Lipinski definition) is 1. The molecule has 3 aliphatic rings. The summed E-state index contributed by atoms with van der Waals surface area (Å²) in [5, 5.41) is 9.91. The van der Waals surface area contributed by atoms with Crippen molar-refractivity contribution in [2.24, 2.45) is 5.92 Å². The number of carbonyl (C=O) groups excluding carboxylic acids is 1. The number of benzene rings is 1. The molecule has 1 N–H and O–H groups in total. The fraction of sp³-hybridized carbons (Fsp3) is 0.579. The first-order chi connectivity index (χ1) is 12.5. The van der Waals surface area contributed by atoms with Crippen molar-refractivity contribution >= 4 is 11.9 Å². The van der Waals surface area contributed by atoms with Gasteiger partial charge in [-0.1, -0.05) is 6.07 Å². The molecule has 1 amide bonds. The highest BCUT2D eigenvalue weighted by molar-refractivity contribution is 5.78. The lowest BCUT2D eigenvalue weighted by molar-refractivity contribution is -0.143. The second-order valence-corrected chi connectivity index (χ2v) is 7.36. The van der Waals surface area contributed by atoms with Crippen LogP contribution in [0.4, 0.5) is 0 Å². The van der Waals surface area contributed by atoms with Crippen LogP contribution in [-0.2, 0) is 9.59 Å². The number of carboxylic acids is 1. The van der Waals surface area contributed by atoms with Gasteiger partial charge < -0.3 is 24.4 Å². The molecule has 0 aromatic heterocycles. The maximum Gasteiger partial charge on any atom is 0.308 e. The van der Waals surface area contributed by atoms with Gasteiger partial charge in [-0.2, -0.15) is 0 Å². The number of rotatable bonds is 5. The van der Waals surface area contributed by atoms with E-state index in [2.05, 4.69) is 4.90 Å². The summed E-state index contributed by atoms with van der Waals surface area (Å²) in [7, 11) is 1.97. The number of carbonyl (C=O) groups is 2. The van der Waals surface area contributed by atoms with E-state index in [0.717, 1.165) is 18.5 Å². The number of amides is 1. The van der Waals surface area contributed by atoms with Crippen molar-refractivity contribution in [2.45, 2.75) is 31.2 Å². The van der Waals surface area contributed by atoms with Crippen molar-refractivity contribution in [3.05, 3.63) is 23.8 Å². The Hall–Kier alpha value is -2.28. The second kappa shape index (κ2) is 6.79. The number of carboxylic acid groups (broad SMARTS) is 1. The van der Waals surface area contributed by atoms with Crippen molar-refractivity contribution in [1.29, 1.82) is 0 Å². The van der Waals surface area contributed by atoms with Gasteiger partial charge in [0, 0.05) is 38.0 Å². The largest absolute Gasteiger partial charge is 0.481 e. The van der Waals surface area contributed by atoms with Crippen LogP contribution in [0.5, 0.6) is 11.5 Å². The number of fused-ring (bicyclic) bond motifs is 1. The third-order valence-electron chi connectivity index (χ3n) is 5.87. The van der Waals surface area contributed by atoms with E-state index in [4.69, 9.17) is 9.47 Å². The van der Waals surface area contributed by atoms with Crippen LogP contribution >= 0.6 is 0 Å². The summed E-state index contributed by atoms with van der Waals surface area (Å²) in [6.45, 7) is 2.30. The zero-order valence-electron chi connectivity index (χ0n) is 14.9. The second-order valence-electron chi connectivity index (χ2n) is 7.36. The molecule has 2 fully saturated rings. The molecule has 7 nitrogen and oxygen atoms in total. The third-order valence-corrected chi connectivity index (χ3v) is 5.87. The van der Waals surface area contributed by atoms with Gasteiger partial charge in [-0.05, 0) is 37.6 Å². The van der Waals surface area contributed by atoms with Gasteiger partial charge in [0.25, 0.3) is 0 Å². The Kier molecular flexibility index (Phi) is 4.48. The van der Waals surface area contributed by atoms with E-state index < -0.39 is 11.9 Å². The first-order valence-electron chi connectivity index (χ1n) is 9.15. The Balaban J connectivity index is 1.52. The molecule has 1 aromatic carbocycles. The van der Waals surface area contributed by atoms with E-state index in [1.165, 1.54) is 0 Å². The maximum absolute atomic E-state index is 12.1. The van der Waals surface area contributed by atoms with E-state index in [1.54, 1.807) is 0 Å². The molecule has 4 rings (SSSR count). The molecule has 0 bridgehead atoms. The molecule has 2 saturated heterocycles. The molecule has 1 aromatic rings. The molecule has 3 heterocycles. The summed E-state index contributed by atoms with van der Waals surface area (Å²) in [5.74, 6) is 0.181. The van der Waals surface area contributed by atoms with Gasteiger partial charge in [-0.25, -0.2) is 0 Å². The number of likely N-dealkylation sites (N-methyl/N-ethyl adjacent to an activating group) is 1. The molecular formula is C19H24N2O5. The summed E-state index contributed by atoms with van der Waals surface area (Å²) in [6.07, 6.45) is 2.20. The Morgan fingerprint density at radius 3 is 2.85 bits per heavy atom. The zero-order chi connectivity index (χ0) is 18.3. The lowest BCUT2D eigenvalue weighted by Gasteiger charge is -2.26. The molecule has 0 radical (unpaired) electrons. The highest BCUT2D eigenvalue weighted by atomic mass is 16.7. The van der Waals surface area contributed by atoms with Crippen molar-refractivity contribution < 1.29 is 24.2 Å². The molecule has 0 unspecified atom stereocenters. The van der Waals surface area contributed by atoms with Crippen LogP contribution in [0.1, 0.15) is 30.7 Å². The van der Waals surface area contributed by atoms with Crippen LogP contribution in [-0.4, -0.2) is 66.3 Å². The van der Waals surface area contributed by atoms with E-state index in [9.17, 15) is 14.7 Å². The minimum atomic E-state index is -0.783. The van der Waals surface area contributed by atoms with Gasteiger partial charge in [0.05, 0.1) is 5.92 Å². The van der Waals surface area contributed by atoms with Crippen LogP contribution in [0, 0.1) is 5.92 Å². The number of nitrogens with zero attached hydrogens (tertiary/aromatic N) is 2. The number of hydrogen-bond acceptors (Lipinski definition) is 5. The highest BCUT2D eigenvalue weighted by Gasteiger charge is 2.45. The molecule has 0 saturated carbocycles. The maximum atomic E-state index is 12.1. The average Bonchev–Trinajstić information content (AvgIpc) is 3.31. The van der Waals surface area contributed by atoms with Crippen LogP contribution in [0.25, 0.3) is 0 Å². The van der Waals surface area contributed by atoms with Gasteiger partial charge in [-0.15, -0.1) is 0 Å². The summed E-state index contributed by atoms with van der Waals surface area (Å²) in [5.41, 5.74) is 0.966. The minimum absolute atomic E-state index is 0.0867. The van der Waals surface area contributed by atoms with Gasteiger partial charge in [0.2, 0.25) is 12.7 Å². The summed E-state index contributed by atoms with van der Waals surface area (Å²) < 4.78 is 10.8. The summed E-state index contributed by atoms with van der Waals surface area (Å²) in [6, 6.07) is 5.61. The smallest absolute Gasteiger partial charge is 0.308 e. The zero-order valence-corrected chi connectivity index (χ0v) is 14.9. The van der Waals surface area contributed by atoms with Crippen molar-refractivity contribution in [3.63, 3.8) is 0 Å². The Bertz CT molecular complexity index is 722. The van der Waals surface area contributed by atoms with Crippen molar-refractivity contribution in [2.75, 3.05) is 33.5 Å². The van der Waals surface area contributed by atoms with Gasteiger partial charge in [0.1, 0.15) is 0 Å². The minimum Gasteiger partial charge on any atom is -0.481 e. The average molecular weight is 360 g/mol. The first-order valence-corrected chi connectivity index (χ1v) is 9.15. The van der Waals surface area contributed by atoms with Gasteiger partial charge in [-0.3, -0.25) is 9.59 Å². The van der Waals surface area contributed by atoms with E-state index >= 15 is 0 Å². The topological polar surface area (TPSA) is 79.3 Å². The third kappa shape index (κ3) is 3.00. The number of ether oxygens (including phenoxy) is 2. The summed E-state index contributed by atoms with van der Waals surface area (Å²) >= 11 is 0. The highest BCUT2D eigenvalue weighted by Crippen LogP contribution is 2.42. The van der Waals surface area contributed by atoms with Crippen molar-refractivity contribution in [1.82, 2.24) is 9.80 Å². The Labute approximate surface area is 152 Å². The molecule has 3 atom stereocenters. The van der Waals surface area contributed by atoms with Crippen LogP contribution in [0.3, 0.4) is 0 Å². The van der Waals surface area contributed by atoms with Crippen LogP contribution in [0.15, 0.2) is 18.2 Å². The SMILES string of the molecule is CN1C[C@H](c2ccc3c(c2)OCO3)[C@@H](C(=O)O)[C@@H]1CCN1CCCC1=O. The fourth-order valence-electron chi connectivity index (χ4n) is 4.52. The standard InChI is InChI=1S/C19H24N2O5/c1-20-10-13(12-4-5-15-16(9-12)26-11-25-15)18(19(23)24)14(20)6-8-21-7-2-3-17(21)22/h4-5,9,13-14,18H,2-3,6-8,10-11H2,1H3,(H,23,24)/t13-,14+,18-/m1/s1. The molecule has 0 spiro atoms. The Morgan fingerprint density at radius 2 is 2.12 bits per heavy atom. The number of likely N-dealkylation sites (tertiary alicyclic amines) is 2. The van der Waals surface area contributed by atoms with Crippen LogP contribution in [0.2, 0.25) is 0 Å². The molecule has 7 heteroatoms. The Morgan fingerprint density at radius 1 is 1.31 bits per heavy atom. The van der Waals surface area contributed by atoms with E-state index in [-0.39, 0.29) is 24.7 Å². The van der Waals surface area contributed by atoms with E-state index in [0.29, 0.717) is 37.4 Å². The van der Waals surface area contributed by atoms with Crippen molar-refractivity contribution in [3.8, 4) is 11.5 Å². The lowest BCUT2D eigenvalue weighted by Crippen LogP contribution is -2.38. The predicted octanol–water partition coefficient (Wildman–Crippen LogP) is 1.53. The normalized spacial score (nSPS) is 28.1. The molecule has 3 aliphatic heterocycles. The lowest BCUT2D eigenvalue weighted by atomic mass is 9.84. The van der Waals surface area contributed by atoms with Gasteiger partial charge in [0.15, 0.2) is 11.5 Å². The molecular weight excluding hydrogens is 336 g/mol. The van der Waals surface area contributed by atoms with E-state index in [1.807, 2.05) is 30.1 Å². The molecule has 140 valence electrons. The quantitative estimate of drug-likeness (QED) is 0.858. The fourth-order valence-corrected chi connectivity index (χ4v) is 4.52. The van der Waals surface area contributed by atoms with Crippen LogP contribution < -0.4 is 9.47 Å². The monoisotopic (exact) mass is 360 g/mol. The molecule has 26 heavy (non-hydrogen) atoms. The molecule has 0 aliphatic carbocycles.